The summed E-state index contributed by atoms with van der Waals surface area (Å²) in [7, 11) is -3.84. The summed E-state index contributed by atoms with van der Waals surface area (Å²) in [5.74, 6) is 1.20. The Hall–Kier alpha value is -2.80. The molecule has 7 heteroatoms. The minimum atomic E-state index is -3.84. The second kappa shape index (κ2) is 6.91. The van der Waals surface area contributed by atoms with Gasteiger partial charge in [-0.15, -0.1) is 0 Å². The lowest BCUT2D eigenvalue weighted by molar-refractivity contribution is 0.0906. The monoisotopic (exact) mass is 413 g/mol. The smallest absolute Gasteiger partial charge is 0.261 e. The third kappa shape index (κ3) is 3.62. The first-order valence-electron chi connectivity index (χ1n) is 9.53. The van der Waals surface area contributed by atoms with Crippen molar-refractivity contribution in [1.82, 2.24) is 0 Å². The largest absolute Gasteiger partial charge is 0.494 e. The van der Waals surface area contributed by atoms with E-state index in [0.717, 1.165) is 0 Å². The van der Waals surface area contributed by atoms with Crippen LogP contribution in [0.15, 0.2) is 51.8 Å². The van der Waals surface area contributed by atoms with Crippen molar-refractivity contribution in [2.24, 2.45) is 5.41 Å². The van der Waals surface area contributed by atoms with Crippen LogP contribution >= 0.6 is 0 Å². The predicted octanol–water partition coefficient (Wildman–Crippen LogP) is 4.79. The van der Waals surface area contributed by atoms with E-state index in [1.807, 2.05) is 20.8 Å². The number of benzene rings is 2. The van der Waals surface area contributed by atoms with Crippen LogP contribution in [0.25, 0.3) is 11.0 Å². The number of rotatable bonds is 5. The van der Waals surface area contributed by atoms with Gasteiger partial charge in [-0.3, -0.25) is 9.52 Å². The third-order valence-corrected chi connectivity index (χ3v) is 6.42. The van der Waals surface area contributed by atoms with Crippen LogP contribution in [-0.4, -0.2) is 20.8 Å². The Morgan fingerprint density at radius 2 is 1.83 bits per heavy atom. The summed E-state index contributed by atoms with van der Waals surface area (Å²) in [6.45, 7) is 6.41. The molecule has 1 aliphatic carbocycles. The Labute approximate surface area is 169 Å². The van der Waals surface area contributed by atoms with E-state index in [4.69, 9.17) is 9.15 Å². The Balaban J connectivity index is 1.75. The Morgan fingerprint density at radius 3 is 2.52 bits per heavy atom. The van der Waals surface area contributed by atoms with Crippen LogP contribution in [0, 0.1) is 5.41 Å². The van der Waals surface area contributed by atoms with Gasteiger partial charge < -0.3 is 9.15 Å². The lowest BCUT2D eigenvalue weighted by Gasteiger charge is -2.27. The van der Waals surface area contributed by atoms with Gasteiger partial charge in [-0.05, 0) is 48.7 Å². The molecule has 1 aromatic heterocycles. The maximum atomic E-state index is 12.9. The van der Waals surface area contributed by atoms with Crippen LogP contribution in [0.2, 0.25) is 0 Å². The molecule has 3 aromatic rings. The number of nitrogens with one attached hydrogen (secondary N) is 1. The van der Waals surface area contributed by atoms with Crippen LogP contribution in [-0.2, 0) is 16.4 Å². The fraction of sp³-hybridized carbons (Fsp3) is 0.318. The van der Waals surface area contributed by atoms with Crippen LogP contribution < -0.4 is 9.46 Å². The average Bonchev–Trinajstić information content (AvgIpc) is 3.00. The maximum absolute atomic E-state index is 12.9. The first-order valence-corrected chi connectivity index (χ1v) is 11.0. The molecule has 2 aromatic carbocycles. The van der Waals surface area contributed by atoms with Crippen LogP contribution in [0.1, 0.15) is 43.3 Å². The molecule has 0 aliphatic heterocycles. The lowest BCUT2D eigenvalue weighted by atomic mass is 9.76. The molecular formula is C22H23NO5S. The second-order valence-electron chi connectivity index (χ2n) is 8.03. The molecule has 1 N–H and O–H groups in total. The highest BCUT2D eigenvalue weighted by Crippen LogP contribution is 2.42. The molecule has 0 bridgehead atoms. The van der Waals surface area contributed by atoms with E-state index in [9.17, 15) is 13.2 Å². The molecule has 0 unspecified atom stereocenters. The van der Waals surface area contributed by atoms with E-state index >= 15 is 0 Å². The number of carbonyl (C=O) groups is 1. The number of carbonyl (C=O) groups excluding carboxylic acids is 1. The molecule has 6 nitrogen and oxygen atoms in total. The molecule has 0 saturated heterocycles. The zero-order valence-electron chi connectivity index (χ0n) is 16.6. The van der Waals surface area contributed by atoms with Gasteiger partial charge in [0.05, 0.1) is 28.1 Å². The van der Waals surface area contributed by atoms with Gasteiger partial charge in [-0.2, -0.15) is 0 Å². The number of hydrogen-bond donors (Lipinski definition) is 1. The van der Waals surface area contributed by atoms with Gasteiger partial charge in [0.2, 0.25) is 0 Å². The molecule has 152 valence electrons. The van der Waals surface area contributed by atoms with Crippen molar-refractivity contribution < 1.29 is 22.4 Å². The molecule has 29 heavy (non-hydrogen) atoms. The third-order valence-electron chi connectivity index (χ3n) is 5.03. The standard InChI is InChI=1S/C22H23NO5S/c1-4-27-14-8-10-15(11-9-14)29(25,26)23-16-6-5-7-18-20(16)21-17(24)12-22(2,3)13-19(21)28-18/h5-11,23H,4,12-13H2,1-3H3. The molecule has 1 aliphatic rings. The normalized spacial score (nSPS) is 15.9. The van der Waals surface area contributed by atoms with Crippen molar-refractivity contribution in [3.05, 3.63) is 53.8 Å². The van der Waals surface area contributed by atoms with Gasteiger partial charge in [0, 0.05) is 12.8 Å². The quantitative estimate of drug-likeness (QED) is 0.650. The number of sulfonamides is 1. The maximum Gasteiger partial charge on any atom is 0.261 e. The van der Waals surface area contributed by atoms with Gasteiger partial charge in [0.25, 0.3) is 10.0 Å². The lowest BCUT2D eigenvalue weighted by Crippen LogP contribution is -2.26. The number of furan rings is 1. The van der Waals surface area contributed by atoms with E-state index in [1.165, 1.54) is 12.1 Å². The minimum Gasteiger partial charge on any atom is -0.494 e. The first kappa shape index (κ1) is 19.5. The summed E-state index contributed by atoms with van der Waals surface area (Å²) in [6, 6.07) is 11.3. The van der Waals surface area contributed by atoms with E-state index in [2.05, 4.69) is 4.72 Å². The number of ether oxygens (including phenoxy) is 1. The molecule has 0 amide bonds. The van der Waals surface area contributed by atoms with Crippen molar-refractivity contribution in [2.75, 3.05) is 11.3 Å². The van der Waals surface area contributed by atoms with Crippen LogP contribution in [0.3, 0.4) is 0 Å². The van der Waals surface area contributed by atoms with Crippen molar-refractivity contribution in [2.45, 2.75) is 38.5 Å². The van der Waals surface area contributed by atoms with Crippen LogP contribution in [0.4, 0.5) is 5.69 Å². The van der Waals surface area contributed by atoms with Gasteiger partial charge in [-0.25, -0.2) is 8.42 Å². The molecule has 0 fully saturated rings. The fourth-order valence-electron chi connectivity index (χ4n) is 3.81. The minimum absolute atomic E-state index is 0.0253. The number of hydrogen-bond acceptors (Lipinski definition) is 5. The topological polar surface area (TPSA) is 85.6 Å². The predicted molar refractivity (Wildman–Crippen MR) is 111 cm³/mol. The molecule has 0 atom stereocenters. The summed E-state index contributed by atoms with van der Waals surface area (Å²) < 4.78 is 39.8. The van der Waals surface area contributed by atoms with Gasteiger partial charge in [-0.1, -0.05) is 19.9 Å². The van der Waals surface area contributed by atoms with Crippen molar-refractivity contribution in [1.29, 1.82) is 0 Å². The molecule has 1 heterocycles. The van der Waals surface area contributed by atoms with Crippen LogP contribution in [0.5, 0.6) is 5.75 Å². The highest BCUT2D eigenvalue weighted by molar-refractivity contribution is 7.92. The van der Waals surface area contributed by atoms with Gasteiger partial charge in [0.15, 0.2) is 5.78 Å². The average molecular weight is 413 g/mol. The van der Waals surface area contributed by atoms with Crippen molar-refractivity contribution in [3.8, 4) is 5.75 Å². The summed E-state index contributed by atoms with van der Waals surface area (Å²) in [5, 5.41) is 0.525. The summed E-state index contributed by atoms with van der Waals surface area (Å²) in [4.78, 5) is 12.9. The number of ketones is 1. The van der Waals surface area contributed by atoms with E-state index < -0.39 is 10.0 Å². The summed E-state index contributed by atoms with van der Waals surface area (Å²) >= 11 is 0. The molecule has 4 rings (SSSR count). The van der Waals surface area contributed by atoms with Crippen molar-refractivity contribution >= 4 is 32.5 Å². The molecule has 0 spiro atoms. The fourth-order valence-corrected chi connectivity index (χ4v) is 4.88. The summed E-state index contributed by atoms with van der Waals surface area (Å²) in [5.41, 5.74) is 1.16. The zero-order valence-corrected chi connectivity index (χ0v) is 17.4. The second-order valence-corrected chi connectivity index (χ2v) is 9.71. The molecule has 0 radical (unpaired) electrons. The highest BCUT2D eigenvalue weighted by atomic mass is 32.2. The molecule has 0 saturated carbocycles. The Morgan fingerprint density at radius 1 is 1.10 bits per heavy atom. The van der Waals surface area contributed by atoms with E-state index in [0.29, 0.717) is 53.2 Å². The number of Topliss-reactive ketones (excluding diaryl/α,β-unsaturated/α-hetero) is 1. The SMILES string of the molecule is CCOc1ccc(S(=O)(=O)Nc2cccc3oc4c(c23)C(=O)CC(C)(C)C4)cc1. The van der Waals surface area contributed by atoms with Crippen molar-refractivity contribution in [3.63, 3.8) is 0 Å². The summed E-state index contributed by atoms with van der Waals surface area (Å²) in [6.07, 6.45) is 1.03. The van der Waals surface area contributed by atoms with E-state index in [1.54, 1.807) is 30.3 Å². The number of fused-ring (bicyclic) bond motifs is 3. The van der Waals surface area contributed by atoms with Gasteiger partial charge >= 0.3 is 0 Å². The first-order chi connectivity index (χ1) is 13.7. The van der Waals surface area contributed by atoms with Gasteiger partial charge in [0.1, 0.15) is 17.1 Å². The van der Waals surface area contributed by atoms with E-state index in [-0.39, 0.29) is 16.1 Å². The Bertz CT molecular complexity index is 1190. The zero-order chi connectivity index (χ0) is 20.8. The Kier molecular flexibility index (Phi) is 4.65. The highest BCUT2D eigenvalue weighted by Gasteiger charge is 2.36. The molecular weight excluding hydrogens is 390 g/mol. The number of anilines is 1.